The van der Waals surface area contributed by atoms with Crippen LogP contribution < -0.4 is 5.73 Å². The SMILES string of the molecule is Cc1cccc(C(=N)N)c1-n1cnc(I)c1I. The van der Waals surface area contributed by atoms with Gasteiger partial charge in [0.15, 0.2) is 0 Å². The van der Waals surface area contributed by atoms with Gasteiger partial charge in [-0.2, -0.15) is 0 Å². The Balaban J connectivity index is 2.74. The predicted molar refractivity (Wildman–Crippen MR) is 84.8 cm³/mol. The Labute approximate surface area is 126 Å². The number of nitrogen functional groups attached to an aromatic ring is 1. The number of nitrogens with zero attached hydrogens (tertiary/aromatic N) is 2. The second-order valence-electron chi connectivity index (χ2n) is 3.58. The van der Waals surface area contributed by atoms with Crippen LogP contribution in [0.3, 0.4) is 0 Å². The summed E-state index contributed by atoms with van der Waals surface area (Å²) in [6, 6.07) is 5.77. The Morgan fingerprint density at radius 3 is 2.65 bits per heavy atom. The van der Waals surface area contributed by atoms with Crippen molar-refractivity contribution in [3.8, 4) is 5.69 Å². The molecule has 3 N–H and O–H groups in total. The third kappa shape index (κ3) is 2.32. The number of rotatable bonds is 2. The first-order valence-corrected chi connectivity index (χ1v) is 7.01. The zero-order valence-corrected chi connectivity index (χ0v) is 13.4. The molecule has 1 aromatic heterocycles. The summed E-state index contributed by atoms with van der Waals surface area (Å²) in [6.07, 6.45) is 1.76. The van der Waals surface area contributed by atoms with Gasteiger partial charge >= 0.3 is 0 Å². The number of nitrogens with one attached hydrogen (secondary N) is 1. The van der Waals surface area contributed by atoms with Crippen LogP contribution in [0.2, 0.25) is 0 Å². The number of amidine groups is 1. The molecule has 1 heterocycles. The first-order valence-electron chi connectivity index (χ1n) is 4.85. The lowest BCUT2D eigenvalue weighted by Gasteiger charge is -2.13. The summed E-state index contributed by atoms with van der Waals surface area (Å²) >= 11 is 4.43. The van der Waals surface area contributed by atoms with Crippen LogP contribution in [0.4, 0.5) is 0 Å². The number of benzene rings is 1. The largest absolute Gasteiger partial charge is 0.384 e. The molecule has 0 aliphatic carbocycles. The lowest BCUT2D eigenvalue weighted by molar-refractivity contribution is 1.01. The monoisotopic (exact) mass is 452 g/mol. The molecule has 0 unspecified atom stereocenters. The number of halogens is 2. The smallest absolute Gasteiger partial charge is 0.133 e. The Hall–Kier alpha value is -0.640. The van der Waals surface area contributed by atoms with E-state index >= 15 is 0 Å². The van der Waals surface area contributed by atoms with Crippen molar-refractivity contribution >= 4 is 51.0 Å². The van der Waals surface area contributed by atoms with Crippen LogP contribution in [-0.4, -0.2) is 15.4 Å². The molecule has 0 aliphatic heterocycles. The molecular weight excluding hydrogens is 442 g/mol. The van der Waals surface area contributed by atoms with Crippen LogP contribution in [0.1, 0.15) is 11.1 Å². The van der Waals surface area contributed by atoms with Crippen molar-refractivity contribution < 1.29 is 0 Å². The van der Waals surface area contributed by atoms with Gasteiger partial charge in [-0.15, -0.1) is 0 Å². The summed E-state index contributed by atoms with van der Waals surface area (Å²) in [4.78, 5) is 4.26. The van der Waals surface area contributed by atoms with Gasteiger partial charge in [-0.1, -0.05) is 12.1 Å². The highest BCUT2D eigenvalue weighted by molar-refractivity contribution is 14.1. The first kappa shape index (κ1) is 12.8. The Kier molecular flexibility index (Phi) is 3.71. The van der Waals surface area contributed by atoms with E-state index in [2.05, 4.69) is 50.2 Å². The molecule has 2 aromatic rings. The topological polar surface area (TPSA) is 67.7 Å². The van der Waals surface area contributed by atoms with Crippen LogP contribution in [-0.2, 0) is 0 Å². The van der Waals surface area contributed by atoms with Gasteiger partial charge in [0.1, 0.15) is 19.6 Å². The summed E-state index contributed by atoms with van der Waals surface area (Å²) in [5, 5.41) is 7.64. The molecule has 0 bridgehead atoms. The van der Waals surface area contributed by atoms with E-state index in [1.54, 1.807) is 6.33 Å². The maximum absolute atomic E-state index is 7.64. The fraction of sp³-hybridized carbons (Fsp3) is 0.0909. The van der Waals surface area contributed by atoms with Gasteiger partial charge in [0, 0.05) is 5.56 Å². The number of hydrogen-bond acceptors (Lipinski definition) is 2. The number of imidazole rings is 1. The fourth-order valence-corrected chi connectivity index (χ4v) is 2.55. The summed E-state index contributed by atoms with van der Waals surface area (Å²) in [7, 11) is 0. The third-order valence-corrected chi connectivity index (χ3v) is 5.29. The molecule has 2 rings (SSSR count). The van der Waals surface area contributed by atoms with Crippen LogP contribution in [0.15, 0.2) is 24.5 Å². The minimum atomic E-state index is 0.0724. The highest BCUT2D eigenvalue weighted by Crippen LogP contribution is 2.24. The lowest BCUT2D eigenvalue weighted by atomic mass is 10.1. The third-order valence-electron chi connectivity index (χ3n) is 2.44. The van der Waals surface area contributed by atoms with Crippen molar-refractivity contribution in [3.63, 3.8) is 0 Å². The quantitative estimate of drug-likeness (QED) is 0.418. The van der Waals surface area contributed by atoms with Crippen molar-refractivity contribution in [1.29, 1.82) is 5.41 Å². The molecule has 0 fully saturated rings. The van der Waals surface area contributed by atoms with E-state index in [4.69, 9.17) is 11.1 Å². The van der Waals surface area contributed by atoms with Gasteiger partial charge in [0.2, 0.25) is 0 Å². The van der Waals surface area contributed by atoms with Crippen molar-refractivity contribution in [2.75, 3.05) is 0 Å². The Morgan fingerprint density at radius 2 is 2.12 bits per heavy atom. The maximum atomic E-state index is 7.64. The molecule has 0 amide bonds. The molecule has 0 saturated carbocycles. The van der Waals surface area contributed by atoms with Gasteiger partial charge in [0.25, 0.3) is 0 Å². The van der Waals surface area contributed by atoms with Crippen LogP contribution >= 0.6 is 45.2 Å². The second kappa shape index (κ2) is 4.92. The minimum Gasteiger partial charge on any atom is -0.384 e. The summed E-state index contributed by atoms with van der Waals surface area (Å²) in [5.74, 6) is 0.0724. The highest BCUT2D eigenvalue weighted by atomic mass is 127. The number of aryl methyl sites for hydroxylation is 1. The average Bonchev–Trinajstić information content (AvgIpc) is 2.60. The van der Waals surface area contributed by atoms with E-state index in [9.17, 15) is 0 Å². The maximum Gasteiger partial charge on any atom is 0.133 e. The molecule has 0 atom stereocenters. The predicted octanol–water partition coefficient (Wildman–Crippen LogP) is 2.67. The van der Waals surface area contributed by atoms with Crippen LogP contribution in [0.25, 0.3) is 5.69 Å². The first-order chi connectivity index (χ1) is 8.02. The molecule has 88 valence electrons. The second-order valence-corrected chi connectivity index (χ2v) is 5.62. The van der Waals surface area contributed by atoms with Gasteiger partial charge in [0.05, 0.1) is 5.69 Å². The summed E-state index contributed by atoms with van der Waals surface area (Å²) < 4.78 is 3.94. The van der Waals surface area contributed by atoms with Gasteiger partial charge < -0.3 is 5.73 Å². The van der Waals surface area contributed by atoms with E-state index in [0.717, 1.165) is 24.2 Å². The number of para-hydroxylation sites is 1. The zero-order chi connectivity index (χ0) is 12.6. The number of nitrogens with two attached hydrogens (primary N) is 1. The van der Waals surface area contributed by atoms with Gasteiger partial charge in [-0.05, 0) is 63.7 Å². The molecule has 0 aliphatic rings. The lowest BCUT2D eigenvalue weighted by Crippen LogP contribution is -2.16. The summed E-state index contributed by atoms with van der Waals surface area (Å²) in [6.45, 7) is 2.00. The van der Waals surface area contributed by atoms with Crippen molar-refractivity contribution in [3.05, 3.63) is 43.1 Å². The van der Waals surface area contributed by atoms with E-state index in [1.807, 2.05) is 29.7 Å². The van der Waals surface area contributed by atoms with E-state index in [-0.39, 0.29) is 5.84 Å². The molecule has 1 aromatic carbocycles. The standard InChI is InChI=1S/C11H10I2N4/c1-6-3-2-4-7(11(14)15)8(6)17-5-16-9(12)10(17)13/h2-5H,1H3,(H3,14,15). The minimum absolute atomic E-state index is 0.0724. The molecule has 0 saturated heterocycles. The Morgan fingerprint density at radius 1 is 1.41 bits per heavy atom. The van der Waals surface area contributed by atoms with Gasteiger partial charge in [-0.3, -0.25) is 9.98 Å². The van der Waals surface area contributed by atoms with Crippen molar-refractivity contribution in [2.45, 2.75) is 6.92 Å². The molecule has 4 nitrogen and oxygen atoms in total. The van der Waals surface area contributed by atoms with Crippen molar-refractivity contribution in [1.82, 2.24) is 9.55 Å². The van der Waals surface area contributed by atoms with Gasteiger partial charge in [-0.25, -0.2) is 4.98 Å². The molecule has 17 heavy (non-hydrogen) atoms. The molecule has 0 spiro atoms. The van der Waals surface area contributed by atoms with Crippen molar-refractivity contribution in [2.24, 2.45) is 5.73 Å². The van der Waals surface area contributed by atoms with Crippen LogP contribution in [0, 0.1) is 19.7 Å². The number of aromatic nitrogens is 2. The molecular formula is C11H10I2N4. The Bertz CT molecular complexity index is 589. The van der Waals surface area contributed by atoms with E-state index in [0.29, 0.717) is 0 Å². The average molecular weight is 452 g/mol. The molecule has 0 radical (unpaired) electrons. The molecule has 6 heteroatoms. The normalized spacial score (nSPS) is 10.5. The zero-order valence-electron chi connectivity index (χ0n) is 9.04. The summed E-state index contributed by atoms with van der Waals surface area (Å²) in [5.41, 5.74) is 8.36. The van der Waals surface area contributed by atoms with E-state index < -0.39 is 0 Å². The van der Waals surface area contributed by atoms with Crippen LogP contribution in [0.5, 0.6) is 0 Å². The highest BCUT2D eigenvalue weighted by Gasteiger charge is 2.14. The van der Waals surface area contributed by atoms with E-state index in [1.165, 1.54) is 0 Å². The fourth-order valence-electron chi connectivity index (χ4n) is 1.66. The number of hydrogen-bond donors (Lipinski definition) is 2.